The van der Waals surface area contributed by atoms with E-state index in [0.717, 1.165) is 32.4 Å². The fraction of sp³-hybridized carbons (Fsp3) is 0.917. The van der Waals surface area contributed by atoms with Crippen LogP contribution < -0.4 is 11.1 Å². The molecule has 0 aromatic heterocycles. The number of nitrogens with zero attached hydrogens (tertiary/aromatic N) is 1. The van der Waals surface area contributed by atoms with Crippen LogP contribution in [0.5, 0.6) is 0 Å². The van der Waals surface area contributed by atoms with Crippen molar-refractivity contribution in [1.82, 2.24) is 10.2 Å². The van der Waals surface area contributed by atoms with Crippen LogP contribution in [0.4, 0.5) is 0 Å². The highest BCUT2D eigenvalue weighted by molar-refractivity contribution is 5.85. The largest absolute Gasteiger partial charge is 0.354 e. The van der Waals surface area contributed by atoms with Crippen LogP contribution in [0.1, 0.15) is 33.1 Å². The molecule has 3 N–H and O–H groups in total. The Bertz CT molecular complexity index is 238. The quantitative estimate of drug-likeness (QED) is 0.668. The molecule has 0 aromatic rings. The second kappa shape index (κ2) is 5.64. The lowest BCUT2D eigenvalue weighted by molar-refractivity contribution is -0.126. The second-order valence-electron chi connectivity index (χ2n) is 4.98. The lowest BCUT2D eigenvalue weighted by atomic mass is 10.1. The Kier molecular flexibility index (Phi) is 4.74. The Morgan fingerprint density at radius 3 is 2.62 bits per heavy atom. The van der Waals surface area contributed by atoms with Crippen molar-refractivity contribution < 1.29 is 4.79 Å². The predicted octanol–water partition coefficient (Wildman–Crippen LogP) is 0.572. The number of carbonyl (C=O) groups excluding carboxylic acids is 1. The molecule has 4 nitrogen and oxygen atoms in total. The lowest BCUT2D eigenvalue weighted by Gasteiger charge is -2.24. The van der Waals surface area contributed by atoms with E-state index in [1.54, 1.807) is 0 Å². The van der Waals surface area contributed by atoms with E-state index in [-0.39, 0.29) is 11.3 Å². The summed E-state index contributed by atoms with van der Waals surface area (Å²) in [5.74, 6) is 0.146. The fourth-order valence-corrected chi connectivity index (χ4v) is 1.74. The van der Waals surface area contributed by atoms with Gasteiger partial charge in [-0.25, -0.2) is 0 Å². The Morgan fingerprint density at radius 2 is 2.19 bits per heavy atom. The van der Waals surface area contributed by atoms with E-state index in [4.69, 9.17) is 5.73 Å². The maximum atomic E-state index is 11.8. The van der Waals surface area contributed by atoms with Crippen LogP contribution in [0.2, 0.25) is 0 Å². The van der Waals surface area contributed by atoms with Crippen LogP contribution in [0, 0.1) is 5.41 Å². The van der Waals surface area contributed by atoms with Gasteiger partial charge in [0.1, 0.15) is 0 Å². The maximum absolute atomic E-state index is 11.8. The van der Waals surface area contributed by atoms with Gasteiger partial charge in [0.15, 0.2) is 0 Å². The van der Waals surface area contributed by atoms with Crippen LogP contribution >= 0.6 is 0 Å². The minimum absolute atomic E-state index is 0.146. The number of amides is 1. The molecule has 0 heterocycles. The first-order valence-electron chi connectivity index (χ1n) is 6.24. The molecule has 0 saturated heterocycles. The van der Waals surface area contributed by atoms with Crippen LogP contribution in [0.25, 0.3) is 0 Å². The van der Waals surface area contributed by atoms with Crippen molar-refractivity contribution >= 4 is 5.91 Å². The molecule has 0 aromatic carbocycles. The zero-order valence-electron chi connectivity index (χ0n) is 10.8. The third-order valence-corrected chi connectivity index (χ3v) is 3.82. The Labute approximate surface area is 98.6 Å². The number of rotatable bonds is 7. The standard InChI is InChI=1S/C12H25N3O/c1-4-10(2)15(3)8-7-14-11(16)12(9-13)5-6-12/h10H,4-9,13H2,1-3H3,(H,14,16). The number of hydrogen-bond donors (Lipinski definition) is 2. The average molecular weight is 227 g/mol. The first kappa shape index (κ1) is 13.5. The molecule has 1 aliphatic rings. The topological polar surface area (TPSA) is 58.4 Å². The van der Waals surface area contributed by atoms with E-state index >= 15 is 0 Å². The van der Waals surface area contributed by atoms with Gasteiger partial charge in [0, 0.05) is 25.7 Å². The highest BCUT2D eigenvalue weighted by atomic mass is 16.2. The molecule has 1 amide bonds. The first-order chi connectivity index (χ1) is 7.55. The molecule has 1 saturated carbocycles. The molecular formula is C12H25N3O. The van der Waals surface area contributed by atoms with Crippen LogP contribution in [-0.2, 0) is 4.79 Å². The molecule has 94 valence electrons. The van der Waals surface area contributed by atoms with E-state index in [1.165, 1.54) is 0 Å². The molecular weight excluding hydrogens is 202 g/mol. The van der Waals surface area contributed by atoms with Crippen molar-refractivity contribution in [2.75, 3.05) is 26.7 Å². The summed E-state index contributed by atoms with van der Waals surface area (Å²) in [5.41, 5.74) is 5.39. The summed E-state index contributed by atoms with van der Waals surface area (Å²) in [4.78, 5) is 14.0. The number of nitrogens with one attached hydrogen (secondary N) is 1. The molecule has 1 rings (SSSR count). The van der Waals surface area contributed by atoms with E-state index < -0.39 is 0 Å². The number of carbonyl (C=O) groups is 1. The summed E-state index contributed by atoms with van der Waals surface area (Å²) in [7, 11) is 2.09. The molecule has 1 fully saturated rings. The molecule has 1 aliphatic carbocycles. The van der Waals surface area contributed by atoms with Crippen molar-refractivity contribution in [3.63, 3.8) is 0 Å². The normalized spacial score (nSPS) is 19.6. The van der Waals surface area contributed by atoms with Crippen LogP contribution in [-0.4, -0.2) is 43.5 Å². The SMILES string of the molecule is CCC(C)N(C)CCNC(=O)C1(CN)CC1. The molecule has 16 heavy (non-hydrogen) atoms. The third kappa shape index (κ3) is 3.19. The van der Waals surface area contributed by atoms with Crippen LogP contribution in [0.3, 0.4) is 0 Å². The van der Waals surface area contributed by atoms with Gasteiger partial charge in [0.2, 0.25) is 5.91 Å². The smallest absolute Gasteiger partial charge is 0.227 e. The number of nitrogens with two attached hydrogens (primary N) is 1. The van der Waals surface area contributed by atoms with Gasteiger partial charge in [-0.1, -0.05) is 6.92 Å². The molecule has 1 atom stereocenters. The van der Waals surface area contributed by atoms with Gasteiger partial charge >= 0.3 is 0 Å². The van der Waals surface area contributed by atoms with Crippen molar-refractivity contribution in [3.05, 3.63) is 0 Å². The zero-order chi connectivity index (χ0) is 12.2. The summed E-state index contributed by atoms with van der Waals surface area (Å²) in [5, 5.41) is 2.99. The van der Waals surface area contributed by atoms with Crippen molar-refractivity contribution in [2.45, 2.75) is 39.2 Å². The lowest BCUT2D eigenvalue weighted by Crippen LogP contribution is -2.41. The van der Waals surface area contributed by atoms with Gasteiger partial charge in [-0.15, -0.1) is 0 Å². The predicted molar refractivity (Wildman–Crippen MR) is 66.1 cm³/mol. The van der Waals surface area contributed by atoms with Gasteiger partial charge < -0.3 is 16.0 Å². The maximum Gasteiger partial charge on any atom is 0.227 e. The van der Waals surface area contributed by atoms with Crippen molar-refractivity contribution in [1.29, 1.82) is 0 Å². The summed E-state index contributed by atoms with van der Waals surface area (Å²) in [6, 6.07) is 0.571. The fourth-order valence-electron chi connectivity index (χ4n) is 1.74. The van der Waals surface area contributed by atoms with E-state index in [1.807, 2.05) is 0 Å². The minimum Gasteiger partial charge on any atom is -0.354 e. The van der Waals surface area contributed by atoms with Crippen molar-refractivity contribution in [3.8, 4) is 0 Å². The van der Waals surface area contributed by atoms with E-state index in [0.29, 0.717) is 12.6 Å². The monoisotopic (exact) mass is 227 g/mol. The highest BCUT2D eigenvalue weighted by Crippen LogP contribution is 2.44. The number of likely N-dealkylation sites (N-methyl/N-ethyl adjacent to an activating group) is 1. The Hall–Kier alpha value is -0.610. The second-order valence-corrected chi connectivity index (χ2v) is 4.98. The van der Waals surface area contributed by atoms with Gasteiger partial charge in [-0.3, -0.25) is 4.79 Å². The molecule has 0 aliphatic heterocycles. The summed E-state index contributed by atoms with van der Waals surface area (Å²) in [6.07, 6.45) is 3.05. The first-order valence-corrected chi connectivity index (χ1v) is 6.24. The summed E-state index contributed by atoms with van der Waals surface area (Å²) >= 11 is 0. The van der Waals surface area contributed by atoms with Crippen molar-refractivity contribution in [2.24, 2.45) is 11.1 Å². The molecule has 0 radical (unpaired) electrons. The van der Waals surface area contributed by atoms with E-state index in [9.17, 15) is 4.79 Å². The van der Waals surface area contributed by atoms with Gasteiger partial charge in [-0.2, -0.15) is 0 Å². The highest BCUT2D eigenvalue weighted by Gasteiger charge is 2.48. The molecule has 1 unspecified atom stereocenters. The van der Waals surface area contributed by atoms with Gasteiger partial charge in [0.25, 0.3) is 0 Å². The molecule has 0 spiro atoms. The zero-order valence-corrected chi connectivity index (χ0v) is 10.8. The van der Waals surface area contributed by atoms with Gasteiger partial charge in [0.05, 0.1) is 5.41 Å². The van der Waals surface area contributed by atoms with E-state index in [2.05, 4.69) is 31.1 Å². The third-order valence-electron chi connectivity index (χ3n) is 3.82. The summed E-state index contributed by atoms with van der Waals surface area (Å²) < 4.78 is 0. The summed E-state index contributed by atoms with van der Waals surface area (Å²) in [6.45, 7) is 6.49. The Morgan fingerprint density at radius 1 is 1.56 bits per heavy atom. The van der Waals surface area contributed by atoms with Crippen LogP contribution in [0.15, 0.2) is 0 Å². The molecule has 4 heteroatoms. The Balaban J connectivity index is 2.18. The molecule has 0 bridgehead atoms. The number of hydrogen-bond acceptors (Lipinski definition) is 3. The minimum atomic E-state index is -0.213. The average Bonchev–Trinajstić information content (AvgIpc) is 3.08. The van der Waals surface area contributed by atoms with Gasteiger partial charge in [-0.05, 0) is 33.2 Å².